The Morgan fingerprint density at radius 3 is 2.90 bits per heavy atom. The van der Waals surface area contributed by atoms with Crippen molar-refractivity contribution >= 4 is 27.9 Å². The fourth-order valence-electron chi connectivity index (χ4n) is 2.29. The lowest BCUT2D eigenvalue weighted by molar-refractivity contribution is 0.0962. The Balaban J connectivity index is 2.16. The van der Waals surface area contributed by atoms with Gasteiger partial charge < -0.3 is 26.4 Å². The minimum absolute atomic E-state index is 0.200. The highest BCUT2D eigenvalue weighted by atomic mass is 32.1. The number of nitrogens with one attached hydrogen (secondary N) is 3. The van der Waals surface area contributed by atoms with Gasteiger partial charge in [0, 0.05) is 12.6 Å². The van der Waals surface area contributed by atoms with E-state index in [4.69, 9.17) is 10.5 Å². The molecule has 0 spiro atoms. The molecule has 7 heteroatoms. The summed E-state index contributed by atoms with van der Waals surface area (Å²) in [7, 11) is 1.57. The highest BCUT2D eigenvalue weighted by molar-refractivity contribution is 7.19. The Morgan fingerprint density at radius 1 is 1.57 bits per heavy atom. The van der Waals surface area contributed by atoms with Crippen LogP contribution in [0.5, 0.6) is 5.75 Å². The Kier molecular flexibility index (Phi) is 5.46. The Hall–Kier alpha value is -1.73. The number of carbonyl (C=O) groups is 1. The molecule has 6 nitrogen and oxygen atoms in total. The zero-order chi connectivity index (χ0) is 15.2. The van der Waals surface area contributed by atoms with Crippen molar-refractivity contribution in [3.8, 4) is 5.75 Å². The van der Waals surface area contributed by atoms with Gasteiger partial charge in [0.15, 0.2) is 5.75 Å². The van der Waals surface area contributed by atoms with Crippen LogP contribution in [0.15, 0.2) is 12.7 Å². The van der Waals surface area contributed by atoms with Crippen LogP contribution in [-0.2, 0) is 0 Å². The van der Waals surface area contributed by atoms with Crippen LogP contribution in [0.1, 0.15) is 22.5 Å². The van der Waals surface area contributed by atoms with E-state index in [0.29, 0.717) is 28.9 Å². The van der Waals surface area contributed by atoms with E-state index in [9.17, 15) is 4.79 Å². The molecule has 1 aliphatic heterocycles. The van der Waals surface area contributed by atoms with Crippen LogP contribution in [0.2, 0.25) is 0 Å². The number of piperidine rings is 1. The third-order valence-electron chi connectivity index (χ3n) is 3.39. The molecular weight excluding hydrogens is 288 g/mol. The molecule has 116 valence electrons. The Morgan fingerprint density at radius 2 is 2.29 bits per heavy atom. The van der Waals surface area contributed by atoms with Crippen molar-refractivity contribution in [2.24, 2.45) is 0 Å². The number of methoxy groups -OCH3 is 1. The average molecular weight is 310 g/mol. The van der Waals surface area contributed by atoms with Crippen molar-refractivity contribution in [3.05, 3.63) is 17.5 Å². The first kappa shape index (κ1) is 15.7. The molecule has 1 aromatic rings. The highest BCUT2D eigenvalue weighted by Crippen LogP contribution is 2.43. The summed E-state index contributed by atoms with van der Waals surface area (Å²) >= 11 is 1.34. The quantitative estimate of drug-likeness (QED) is 0.597. The average Bonchev–Trinajstić information content (AvgIpc) is 2.81. The molecule has 0 bridgehead atoms. The molecule has 21 heavy (non-hydrogen) atoms. The first-order valence-corrected chi connectivity index (χ1v) is 7.81. The topological polar surface area (TPSA) is 88.4 Å². The number of nitrogens with two attached hydrogens (primary N) is 1. The van der Waals surface area contributed by atoms with Crippen molar-refractivity contribution in [1.82, 2.24) is 10.6 Å². The summed E-state index contributed by atoms with van der Waals surface area (Å²) in [4.78, 5) is 12.6. The van der Waals surface area contributed by atoms with Gasteiger partial charge in [-0.05, 0) is 25.9 Å². The maximum absolute atomic E-state index is 12.1. The second-order valence-electron chi connectivity index (χ2n) is 4.87. The SMILES string of the molecule is C=CCNC(=O)c1sc(NC2CCNCC2)c(OC)c1N. The van der Waals surface area contributed by atoms with Gasteiger partial charge in [-0.3, -0.25) is 4.79 Å². The van der Waals surface area contributed by atoms with Gasteiger partial charge in [-0.15, -0.1) is 17.9 Å². The van der Waals surface area contributed by atoms with Gasteiger partial charge in [0.05, 0.1) is 7.11 Å². The van der Waals surface area contributed by atoms with Crippen LogP contribution in [-0.4, -0.2) is 38.7 Å². The van der Waals surface area contributed by atoms with Crippen molar-refractivity contribution in [1.29, 1.82) is 0 Å². The number of anilines is 2. The third-order valence-corrected chi connectivity index (χ3v) is 4.51. The van der Waals surface area contributed by atoms with Crippen molar-refractivity contribution in [2.45, 2.75) is 18.9 Å². The molecule has 1 aromatic heterocycles. The molecular formula is C14H22N4O2S. The molecule has 1 aliphatic rings. The number of carbonyl (C=O) groups excluding carboxylic acids is 1. The largest absolute Gasteiger partial charge is 0.492 e. The summed E-state index contributed by atoms with van der Waals surface area (Å²) in [5.74, 6) is 0.358. The van der Waals surface area contributed by atoms with Crippen LogP contribution in [0.25, 0.3) is 0 Å². The van der Waals surface area contributed by atoms with E-state index in [0.717, 1.165) is 30.9 Å². The smallest absolute Gasteiger partial charge is 0.263 e. The van der Waals surface area contributed by atoms with E-state index in [1.165, 1.54) is 11.3 Å². The lowest BCUT2D eigenvalue weighted by Crippen LogP contribution is -2.35. The minimum atomic E-state index is -0.200. The van der Waals surface area contributed by atoms with Crippen LogP contribution in [0.3, 0.4) is 0 Å². The Labute approximate surface area is 128 Å². The molecule has 0 aromatic carbocycles. The monoisotopic (exact) mass is 310 g/mol. The number of ether oxygens (including phenoxy) is 1. The highest BCUT2D eigenvalue weighted by Gasteiger charge is 2.23. The predicted molar refractivity (Wildman–Crippen MR) is 87.3 cm³/mol. The minimum Gasteiger partial charge on any atom is -0.492 e. The molecule has 2 rings (SSSR count). The summed E-state index contributed by atoms with van der Waals surface area (Å²) in [6, 6.07) is 0.377. The van der Waals surface area contributed by atoms with Crippen LogP contribution < -0.4 is 26.4 Å². The molecule has 0 radical (unpaired) electrons. The lowest BCUT2D eigenvalue weighted by Gasteiger charge is -2.24. The van der Waals surface area contributed by atoms with Crippen LogP contribution in [0, 0.1) is 0 Å². The summed E-state index contributed by atoms with van der Waals surface area (Å²) in [6.07, 6.45) is 3.71. The summed E-state index contributed by atoms with van der Waals surface area (Å²) in [6.45, 7) is 5.98. The first-order chi connectivity index (χ1) is 10.2. The molecule has 1 amide bonds. The van der Waals surface area contributed by atoms with Gasteiger partial charge in [0.2, 0.25) is 0 Å². The van der Waals surface area contributed by atoms with E-state index in [1.54, 1.807) is 13.2 Å². The number of nitrogen functional groups attached to an aromatic ring is 1. The number of amides is 1. The number of hydrogen-bond acceptors (Lipinski definition) is 6. The van der Waals surface area contributed by atoms with Gasteiger partial charge in [-0.1, -0.05) is 6.08 Å². The second-order valence-corrected chi connectivity index (χ2v) is 5.90. The van der Waals surface area contributed by atoms with Gasteiger partial charge in [-0.25, -0.2) is 0 Å². The molecule has 1 saturated heterocycles. The van der Waals surface area contributed by atoms with Gasteiger partial charge >= 0.3 is 0 Å². The van der Waals surface area contributed by atoms with Gasteiger partial charge in [-0.2, -0.15) is 0 Å². The molecule has 2 heterocycles. The summed E-state index contributed by atoms with van der Waals surface area (Å²) in [5.41, 5.74) is 6.43. The van der Waals surface area contributed by atoms with E-state index in [1.807, 2.05) is 0 Å². The fourth-order valence-corrected chi connectivity index (χ4v) is 3.38. The van der Waals surface area contributed by atoms with E-state index in [-0.39, 0.29) is 5.91 Å². The molecule has 0 saturated carbocycles. The molecule has 0 unspecified atom stereocenters. The van der Waals surface area contributed by atoms with Crippen molar-refractivity contribution < 1.29 is 9.53 Å². The van der Waals surface area contributed by atoms with E-state index in [2.05, 4.69) is 22.5 Å². The maximum Gasteiger partial charge on any atom is 0.263 e. The third kappa shape index (κ3) is 3.68. The number of thiophene rings is 1. The van der Waals surface area contributed by atoms with Gasteiger partial charge in [0.1, 0.15) is 15.6 Å². The summed E-state index contributed by atoms with van der Waals surface area (Å²) < 4.78 is 5.36. The van der Waals surface area contributed by atoms with E-state index >= 15 is 0 Å². The van der Waals surface area contributed by atoms with Crippen molar-refractivity contribution in [2.75, 3.05) is 37.8 Å². The maximum atomic E-state index is 12.1. The molecule has 1 fully saturated rings. The molecule has 5 N–H and O–H groups in total. The standard InChI is InChI=1S/C14H22N4O2S/c1-3-6-17-13(19)12-10(15)11(20-2)14(21-12)18-9-4-7-16-8-5-9/h3,9,16,18H,1,4-8,15H2,2H3,(H,17,19). The second kappa shape index (κ2) is 7.33. The first-order valence-electron chi connectivity index (χ1n) is 7.00. The molecule has 0 aliphatic carbocycles. The number of hydrogen-bond donors (Lipinski definition) is 4. The van der Waals surface area contributed by atoms with Crippen LogP contribution in [0.4, 0.5) is 10.7 Å². The zero-order valence-electron chi connectivity index (χ0n) is 12.2. The number of rotatable bonds is 6. The fraction of sp³-hybridized carbons (Fsp3) is 0.500. The zero-order valence-corrected chi connectivity index (χ0v) is 13.0. The van der Waals surface area contributed by atoms with Crippen molar-refractivity contribution in [3.63, 3.8) is 0 Å². The lowest BCUT2D eigenvalue weighted by atomic mass is 10.1. The Bertz CT molecular complexity index is 509. The predicted octanol–water partition coefficient (Wildman–Crippen LogP) is 1.42. The molecule has 0 atom stereocenters. The van der Waals surface area contributed by atoms with Crippen LogP contribution >= 0.6 is 11.3 Å². The van der Waals surface area contributed by atoms with E-state index < -0.39 is 0 Å². The normalized spacial score (nSPS) is 15.5. The summed E-state index contributed by atoms with van der Waals surface area (Å²) in [5, 5.41) is 10.3. The van der Waals surface area contributed by atoms with Gasteiger partial charge in [0.25, 0.3) is 5.91 Å².